The third-order valence-electron chi connectivity index (χ3n) is 5.93. The second-order valence-electron chi connectivity index (χ2n) is 10.7. The van der Waals surface area contributed by atoms with Crippen LogP contribution in [0.1, 0.15) is 0 Å². The van der Waals surface area contributed by atoms with Crippen LogP contribution in [0.4, 0.5) is 0 Å². The molecule has 0 fully saturated rings. The zero-order valence-corrected chi connectivity index (χ0v) is 104. The molecule has 0 aromatic heterocycles. The largest absolute Gasteiger partial charge is 0.102 e. The first kappa shape index (κ1) is 97.2. The smallest absolute Gasteiger partial charge is 0.00000875 e. The maximum atomic E-state index is 4.56. The molecule has 0 aliphatic heterocycles. The number of rotatable bonds is 32. The highest BCUT2D eigenvalue weighted by molar-refractivity contribution is 9.56. The summed E-state index contributed by atoms with van der Waals surface area (Å²) in [5.74, 6) is 0. The van der Waals surface area contributed by atoms with Crippen LogP contribution in [0.5, 0.6) is 0 Å². The average molecular weight is 2170 g/mol. The maximum absolute atomic E-state index is 4.56. The summed E-state index contributed by atoms with van der Waals surface area (Å²) in [4.78, 5) is 0. The normalized spacial score (nSPS) is 16.2. The fourth-order valence-corrected chi connectivity index (χ4v) is 981. The molecule has 37 unspecified atom stereocenters. The molecule has 0 bridgehead atoms. The molecule has 37 atom stereocenters. The minimum absolute atomic E-state index is 0.247. The van der Waals surface area contributed by atoms with E-state index in [-0.39, 0.29) is 224 Å². The minimum atomic E-state index is -0.486. The Kier molecular flexibility index (Phi) is 75.9. The Labute approximate surface area is 534 Å². The van der Waals surface area contributed by atoms with Crippen LogP contribution in [-0.4, -0.2) is 0 Å². The van der Waals surface area contributed by atoms with E-state index < -0.39 is 6.99 Å². The molecule has 0 amide bonds. The monoisotopic (exact) mass is 2170 g/mol. The van der Waals surface area contributed by atoms with Crippen molar-refractivity contribution in [3.8, 4) is 0 Å². The van der Waals surface area contributed by atoms with E-state index in [9.17, 15) is 0 Å². The number of hydrogen-bond acceptors (Lipinski definition) is 0. The second kappa shape index (κ2) is 53.1. The Hall–Kier alpha value is 29.2. The first-order valence-corrected chi connectivity index (χ1v) is 138. The Bertz CT molecular complexity index is 1110. The summed E-state index contributed by atoms with van der Waals surface area (Å²) >= 11 is 0. The van der Waals surface area contributed by atoms with Gasteiger partial charge in [-0.2, -0.15) is 0 Å². The lowest BCUT2D eigenvalue weighted by atomic mass is 28.4. The van der Waals surface area contributed by atoms with Crippen LogP contribution in [0, 0.1) is 0 Å². The van der Waals surface area contributed by atoms with E-state index >= 15 is 0 Å². The highest BCUT2D eigenvalue weighted by Crippen LogP contribution is 3.50. The molecule has 0 nitrogen and oxygen atoms in total. The van der Waals surface area contributed by atoms with E-state index in [0.29, 0.717) is 0 Å². The quantitative estimate of drug-likeness (QED) is 0.0589. The first-order valence-electron chi connectivity index (χ1n) is 15.4. The summed E-state index contributed by atoms with van der Waals surface area (Å²) in [6.45, 7) is -10.1. The van der Waals surface area contributed by atoms with Crippen molar-refractivity contribution in [1.82, 2.24) is 0 Å². The third kappa shape index (κ3) is 34.2. The van der Waals surface area contributed by atoms with Crippen LogP contribution in [0.2, 0.25) is 0 Å². The molecule has 408 valence electrons. The van der Waals surface area contributed by atoms with Crippen molar-refractivity contribution >= 4 is 543 Å². The van der Waals surface area contributed by atoms with Gasteiger partial charge in [0.25, 0.3) is 0 Å². The van der Waals surface area contributed by atoms with Crippen LogP contribution in [0.15, 0.2) is 0 Å². The Morgan fingerprint density at radius 3 is 0.324 bits per heavy atom. The van der Waals surface area contributed by atoms with Gasteiger partial charge in [-0.05, 0) is 231 Å². The van der Waals surface area contributed by atoms with Crippen molar-refractivity contribution in [2.75, 3.05) is 0 Å². The van der Waals surface area contributed by atoms with E-state index in [1.807, 2.05) is 0 Å². The van der Waals surface area contributed by atoms with Crippen molar-refractivity contribution < 1.29 is 0 Å². The van der Waals surface area contributed by atoms with E-state index in [1.165, 1.54) is 0 Å². The van der Waals surface area contributed by atoms with Crippen molar-refractivity contribution in [1.29, 1.82) is 0 Å². The molecular formula is H68P68. The summed E-state index contributed by atoms with van der Waals surface area (Å²) < 4.78 is 0. The summed E-state index contributed by atoms with van der Waals surface area (Å²) in [5, 5.41) is 0. The van der Waals surface area contributed by atoms with Gasteiger partial charge in [0.05, 0.1) is 0 Å². The van der Waals surface area contributed by atoms with Crippen LogP contribution in [0.25, 0.3) is 0 Å². The fourth-order valence-electron chi connectivity index (χ4n) is 4.04. The molecule has 0 aliphatic rings. The van der Waals surface area contributed by atoms with Crippen molar-refractivity contribution in [2.24, 2.45) is 0 Å². The summed E-state index contributed by atoms with van der Waals surface area (Å²) in [7, 11) is 128. The first-order chi connectivity index (χ1) is 30.9. The maximum Gasteiger partial charge on any atom is -0.00000875 e. The second-order valence-corrected chi connectivity index (χ2v) is 290. The molecular weight excluding hydrogens is 2110 g/mol. The van der Waals surface area contributed by atoms with Crippen LogP contribution in [0.3, 0.4) is 0 Å². The van der Waals surface area contributed by atoms with Crippen LogP contribution < -0.4 is 0 Å². The molecule has 2 radical (unpaired) electrons. The predicted octanol–water partition coefficient (Wildman–Crippen LogP) is 40.4. The minimum Gasteiger partial charge on any atom is -0.102 e. The standard InChI is InChI=1S/H68P68/c1-36(2)53(35)62(54(37(3)4)38(5)6)66(61(51(31)32)52(33)34)68(65(59(47(23)24)48(25)26)60(49(27)28)50(29)30)67(63(55(39(7)8)40(9)10)56(41(11)12)42(13)14)64(57(43(15)16)44(17)18)58(45(19)20)46(21)22/h1-2H,3-35H2. The molecule has 68 heavy (non-hydrogen) atoms. The lowest BCUT2D eigenvalue weighted by Crippen LogP contribution is -1.74. The van der Waals surface area contributed by atoms with Crippen molar-refractivity contribution in [2.45, 2.75) is 0 Å². The van der Waals surface area contributed by atoms with Crippen LogP contribution >= 0.6 is 543 Å². The molecule has 0 saturated heterocycles. The molecule has 0 aromatic rings. The molecule has 0 heterocycles. The van der Waals surface area contributed by atoms with Crippen molar-refractivity contribution in [3.63, 3.8) is 0 Å². The van der Waals surface area contributed by atoms with E-state index in [4.69, 9.17) is 0 Å². The molecule has 68 heteroatoms. The average Bonchev–Trinajstić information content (AvgIpc) is 3.11. The van der Waals surface area contributed by atoms with Crippen LogP contribution in [-0.2, 0) is 0 Å². The van der Waals surface area contributed by atoms with Gasteiger partial charge in [-0.1, -0.05) is 17.9 Å². The van der Waals surface area contributed by atoms with Gasteiger partial charge in [0.15, 0.2) is 0 Å². The zero-order chi connectivity index (χ0) is 54.1. The lowest BCUT2D eigenvalue weighted by molar-refractivity contribution is 4.32. The molecule has 0 aliphatic carbocycles. The molecule has 0 N–H and O–H groups in total. The lowest BCUT2D eigenvalue weighted by Gasteiger charge is -2.61. The fraction of sp³-hybridized carbons (Fsp3) is 0. The number of hydrogen-bond donors (Lipinski definition) is 0. The van der Waals surface area contributed by atoms with E-state index in [0.717, 1.165) is 0 Å². The molecule has 0 spiro atoms. The summed E-state index contributed by atoms with van der Waals surface area (Å²) in [5.41, 5.74) is 0. The van der Waals surface area contributed by atoms with Gasteiger partial charge in [0, 0.05) is 0 Å². The predicted molar refractivity (Wildman–Crippen MR) is 565 cm³/mol. The van der Waals surface area contributed by atoms with Crippen molar-refractivity contribution in [3.05, 3.63) is 0 Å². The molecule has 0 saturated carbocycles. The molecule has 0 rings (SSSR count). The molecule has 0 aromatic carbocycles. The zero-order valence-electron chi connectivity index (χ0n) is 34.8. The van der Waals surface area contributed by atoms with Gasteiger partial charge in [0.2, 0.25) is 0 Å². The van der Waals surface area contributed by atoms with Gasteiger partial charge in [-0.3, -0.25) is 0 Å². The Morgan fingerprint density at radius 1 is 0.132 bits per heavy atom. The highest BCUT2D eigenvalue weighted by Gasteiger charge is 2.62. The highest BCUT2D eigenvalue weighted by atomic mass is 33.6. The Morgan fingerprint density at radius 2 is 0.221 bits per heavy atom. The summed E-state index contributed by atoms with van der Waals surface area (Å²) in [6.07, 6.45) is 0. The SMILES string of the molecule is [PH]P([PH])P(P)P(P(P(P)P)P(P)P)P(P(P(P)P)P(P)P)P(P(P(P(P)P)P(P)P)P(P(P)P)P(P)P)P(P(P(P(P)P)P(P)P)P(P(P)P)P(P)P)P(P(P(P)P)P(P)P)P(P(P)P)P(P)P. The van der Waals surface area contributed by atoms with E-state index in [1.54, 1.807) is 0 Å². The third-order valence-corrected chi connectivity index (χ3v) is 481. The van der Waals surface area contributed by atoms with Gasteiger partial charge in [-0.15, -0.1) is 295 Å². The van der Waals surface area contributed by atoms with Gasteiger partial charge >= 0.3 is 0 Å². The van der Waals surface area contributed by atoms with Gasteiger partial charge < -0.3 is 0 Å². The summed E-state index contributed by atoms with van der Waals surface area (Å²) in [6, 6.07) is 0. The van der Waals surface area contributed by atoms with Gasteiger partial charge in [0.1, 0.15) is 0 Å². The topological polar surface area (TPSA) is 0 Å². The Balaban J connectivity index is 11.5. The van der Waals surface area contributed by atoms with Gasteiger partial charge in [-0.25, -0.2) is 0 Å². The van der Waals surface area contributed by atoms with E-state index in [2.05, 4.69) is 312 Å².